The number of piperidine rings is 1. The molecule has 2 heterocycles. The first-order chi connectivity index (χ1) is 12.4. The fourth-order valence-corrected chi connectivity index (χ4v) is 3.97. The molecule has 0 spiro atoms. The quantitative estimate of drug-likeness (QED) is 0.786. The molecule has 0 saturated carbocycles. The number of ether oxygens (including phenoxy) is 1. The highest BCUT2D eigenvalue weighted by Crippen LogP contribution is 2.28. The van der Waals surface area contributed by atoms with Crippen LogP contribution in [0.25, 0.3) is 0 Å². The number of thiazole rings is 1. The minimum Gasteiger partial charge on any atom is -0.491 e. The van der Waals surface area contributed by atoms with Gasteiger partial charge in [0.2, 0.25) is 0 Å². The molecule has 7 heteroatoms. The van der Waals surface area contributed by atoms with Crippen LogP contribution in [0.15, 0.2) is 29.6 Å². The van der Waals surface area contributed by atoms with E-state index in [1.807, 2.05) is 38.1 Å². The summed E-state index contributed by atoms with van der Waals surface area (Å²) in [6, 6.07) is 7.37. The number of hydrogen-bond donors (Lipinski definition) is 1. The Balaban J connectivity index is 1.72. The second-order valence-electron chi connectivity index (χ2n) is 6.72. The lowest BCUT2D eigenvalue weighted by atomic mass is 9.90. The standard InChI is InChI=1S/C19H23N3O3S/c1-12(2)25-15-7-3-5-13(9-15)17(23)14-6-4-8-22(10-14)19-21-16(11-26-19)18(20)24/h3,5,7,9,11-12,14H,4,6,8,10H2,1-2H3,(H2,20,24). The molecular formula is C19H23N3O3S. The van der Waals surface area contributed by atoms with Gasteiger partial charge in [0.15, 0.2) is 10.9 Å². The van der Waals surface area contributed by atoms with E-state index in [0.717, 1.165) is 24.5 Å². The van der Waals surface area contributed by atoms with Gasteiger partial charge in [-0.3, -0.25) is 9.59 Å². The average molecular weight is 373 g/mol. The van der Waals surface area contributed by atoms with Crippen molar-refractivity contribution < 1.29 is 14.3 Å². The summed E-state index contributed by atoms with van der Waals surface area (Å²) in [5.74, 6) is 0.207. The monoisotopic (exact) mass is 373 g/mol. The maximum atomic E-state index is 13.0. The number of anilines is 1. The molecule has 0 bridgehead atoms. The van der Waals surface area contributed by atoms with Gasteiger partial charge in [0.25, 0.3) is 5.91 Å². The van der Waals surface area contributed by atoms with E-state index in [1.54, 1.807) is 5.38 Å². The van der Waals surface area contributed by atoms with Crippen LogP contribution in [-0.4, -0.2) is 35.9 Å². The van der Waals surface area contributed by atoms with Crippen molar-refractivity contribution >= 4 is 28.2 Å². The van der Waals surface area contributed by atoms with E-state index in [4.69, 9.17) is 10.5 Å². The fourth-order valence-electron chi connectivity index (χ4n) is 3.12. The van der Waals surface area contributed by atoms with E-state index < -0.39 is 5.91 Å². The Morgan fingerprint density at radius 3 is 2.88 bits per heavy atom. The van der Waals surface area contributed by atoms with Crippen LogP contribution >= 0.6 is 11.3 Å². The van der Waals surface area contributed by atoms with Crippen molar-refractivity contribution in [2.24, 2.45) is 11.7 Å². The average Bonchev–Trinajstić information content (AvgIpc) is 3.11. The fraction of sp³-hybridized carbons (Fsp3) is 0.421. The number of nitrogens with zero attached hydrogens (tertiary/aromatic N) is 2. The number of primary amides is 1. The van der Waals surface area contributed by atoms with Gasteiger partial charge in [-0.05, 0) is 38.8 Å². The van der Waals surface area contributed by atoms with Crippen LogP contribution in [0.1, 0.15) is 47.5 Å². The number of Topliss-reactive ketones (excluding diaryl/α,β-unsaturated/α-hetero) is 1. The Hall–Kier alpha value is -2.41. The van der Waals surface area contributed by atoms with Crippen molar-refractivity contribution in [3.05, 3.63) is 40.9 Å². The number of carbonyl (C=O) groups is 2. The van der Waals surface area contributed by atoms with Gasteiger partial charge in [-0.15, -0.1) is 11.3 Å². The molecule has 1 aromatic heterocycles. The summed E-state index contributed by atoms with van der Waals surface area (Å²) in [7, 11) is 0. The SMILES string of the molecule is CC(C)Oc1cccc(C(=O)C2CCCN(c3nc(C(N)=O)cs3)C2)c1. The summed E-state index contributed by atoms with van der Waals surface area (Å²) in [5.41, 5.74) is 6.23. The normalized spacial score (nSPS) is 17.3. The van der Waals surface area contributed by atoms with Crippen molar-refractivity contribution in [3.63, 3.8) is 0 Å². The number of benzene rings is 1. The largest absolute Gasteiger partial charge is 0.491 e. The van der Waals surface area contributed by atoms with E-state index in [9.17, 15) is 9.59 Å². The third-order valence-corrected chi connectivity index (χ3v) is 5.20. The molecular weight excluding hydrogens is 350 g/mol. The van der Waals surface area contributed by atoms with E-state index in [-0.39, 0.29) is 23.5 Å². The smallest absolute Gasteiger partial charge is 0.268 e. The third-order valence-electron chi connectivity index (χ3n) is 4.30. The molecule has 1 unspecified atom stereocenters. The molecule has 6 nitrogen and oxygen atoms in total. The highest BCUT2D eigenvalue weighted by Gasteiger charge is 2.28. The number of hydrogen-bond acceptors (Lipinski definition) is 6. The van der Waals surface area contributed by atoms with E-state index in [0.29, 0.717) is 17.9 Å². The number of nitrogens with two attached hydrogens (primary N) is 1. The van der Waals surface area contributed by atoms with Crippen LogP contribution in [0.2, 0.25) is 0 Å². The van der Waals surface area contributed by atoms with Crippen molar-refractivity contribution in [2.45, 2.75) is 32.8 Å². The molecule has 1 aliphatic heterocycles. The van der Waals surface area contributed by atoms with Crippen LogP contribution in [-0.2, 0) is 0 Å². The molecule has 26 heavy (non-hydrogen) atoms. The van der Waals surface area contributed by atoms with Gasteiger partial charge in [-0.2, -0.15) is 0 Å². The number of ketones is 1. The van der Waals surface area contributed by atoms with E-state index >= 15 is 0 Å². The molecule has 2 aromatic rings. The van der Waals surface area contributed by atoms with Gasteiger partial charge in [0.1, 0.15) is 11.4 Å². The second-order valence-corrected chi connectivity index (χ2v) is 7.56. The number of amides is 1. The first kappa shape index (κ1) is 18.4. The van der Waals surface area contributed by atoms with Crippen LogP contribution in [0, 0.1) is 5.92 Å². The summed E-state index contributed by atoms with van der Waals surface area (Å²) in [6.07, 6.45) is 1.82. The molecule has 1 atom stereocenters. The maximum Gasteiger partial charge on any atom is 0.268 e. The molecule has 138 valence electrons. The Morgan fingerprint density at radius 1 is 1.38 bits per heavy atom. The number of aromatic nitrogens is 1. The molecule has 2 N–H and O–H groups in total. The van der Waals surface area contributed by atoms with Crippen molar-refractivity contribution in [3.8, 4) is 5.75 Å². The first-order valence-corrected chi connectivity index (χ1v) is 9.63. The van der Waals surface area contributed by atoms with Gasteiger partial charge < -0.3 is 15.4 Å². The van der Waals surface area contributed by atoms with Crippen LogP contribution in [0.3, 0.4) is 0 Å². The summed E-state index contributed by atoms with van der Waals surface area (Å²) in [6.45, 7) is 5.34. The maximum absolute atomic E-state index is 13.0. The van der Waals surface area contributed by atoms with E-state index in [1.165, 1.54) is 11.3 Å². The Morgan fingerprint density at radius 2 is 2.19 bits per heavy atom. The first-order valence-electron chi connectivity index (χ1n) is 8.75. The van der Waals surface area contributed by atoms with Crippen LogP contribution in [0.4, 0.5) is 5.13 Å². The lowest BCUT2D eigenvalue weighted by molar-refractivity contribution is 0.0905. The van der Waals surface area contributed by atoms with Crippen molar-refractivity contribution in [1.82, 2.24) is 4.98 Å². The molecule has 1 aromatic carbocycles. The van der Waals surface area contributed by atoms with Crippen molar-refractivity contribution in [2.75, 3.05) is 18.0 Å². The molecule has 0 radical (unpaired) electrons. The number of carbonyl (C=O) groups excluding carboxylic acids is 2. The van der Waals surface area contributed by atoms with Crippen molar-refractivity contribution in [1.29, 1.82) is 0 Å². The molecule has 1 saturated heterocycles. The van der Waals surface area contributed by atoms with Gasteiger partial charge in [0, 0.05) is 30.0 Å². The lowest BCUT2D eigenvalue weighted by Crippen LogP contribution is -2.38. The predicted octanol–water partition coefficient (Wildman–Crippen LogP) is 3.13. The highest BCUT2D eigenvalue weighted by molar-refractivity contribution is 7.13. The van der Waals surface area contributed by atoms with Gasteiger partial charge in [0.05, 0.1) is 6.10 Å². The van der Waals surface area contributed by atoms with E-state index in [2.05, 4.69) is 9.88 Å². The topological polar surface area (TPSA) is 85.5 Å². The van der Waals surface area contributed by atoms with Gasteiger partial charge >= 0.3 is 0 Å². The minimum atomic E-state index is -0.529. The molecule has 1 fully saturated rings. The summed E-state index contributed by atoms with van der Waals surface area (Å²) < 4.78 is 5.69. The zero-order valence-corrected chi connectivity index (χ0v) is 15.8. The molecule has 0 aliphatic carbocycles. The van der Waals surface area contributed by atoms with Crippen LogP contribution in [0.5, 0.6) is 5.75 Å². The number of rotatable bonds is 6. The molecule has 3 rings (SSSR count). The summed E-state index contributed by atoms with van der Waals surface area (Å²) >= 11 is 1.39. The second kappa shape index (κ2) is 7.86. The Bertz CT molecular complexity index is 803. The van der Waals surface area contributed by atoms with Crippen LogP contribution < -0.4 is 15.4 Å². The molecule has 1 amide bonds. The van der Waals surface area contributed by atoms with Gasteiger partial charge in [-0.1, -0.05) is 12.1 Å². The minimum absolute atomic E-state index is 0.0647. The zero-order valence-electron chi connectivity index (χ0n) is 15.0. The summed E-state index contributed by atoms with van der Waals surface area (Å²) in [4.78, 5) is 30.6. The Labute approximate surface area is 157 Å². The summed E-state index contributed by atoms with van der Waals surface area (Å²) in [5, 5.41) is 2.41. The van der Waals surface area contributed by atoms with Gasteiger partial charge in [-0.25, -0.2) is 4.98 Å². The Kier molecular flexibility index (Phi) is 5.56. The zero-order chi connectivity index (χ0) is 18.7. The molecule has 1 aliphatic rings. The third kappa shape index (κ3) is 4.22. The lowest BCUT2D eigenvalue weighted by Gasteiger charge is -2.31. The highest BCUT2D eigenvalue weighted by atomic mass is 32.1. The predicted molar refractivity (Wildman–Crippen MR) is 102 cm³/mol.